The summed E-state index contributed by atoms with van der Waals surface area (Å²) in [4.78, 5) is 50.1. The van der Waals surface area contributed by atoms with Crippen molar-refractivity contribution in [2.24, 2.45) is 14.1 Å². The highest BCUT2D eigenvalue weighted by Crippen LogP contribution is 2.40. The number of nitrogens with one attached hydrogen (secondary N) is 3. The van der Waals surface area contributed by atoms with Gasteiger partial charge in [0.25, 0.3) is 11.8 Å². The quantitative estimate of drug-likeness (QED) is 0.251. The van der Waals surface area contributed by atoms with Crippen LogP contribution >= 0.6 is 23.2 Å². The predicted octanol–water partition coefficient (Wildman–Crippen LogP) is 5.57. The first-order valence-corrected chi connectivity index (χ1v) is 16.1. The third-order valence-corrected chi connectivity index (χ3v) is 9.04. The van der Waals surface area contributed by atoms with Crippen LogP contribution in [0.3, 0.4) is 0 Å². The summed E-state index contributed by atoms with van der Waals surface area (Å²) in [7, 11) is 3.61. The Morgan fingerprint density at radius 3 is 1.89 bits per heavy atom. The number of anilines is 2. The van der Waals surface area contributed by atoms with Crippen molar-refractivity contribution in [3.8, 4) is 11.1 Å². The molecule has 0 bridgehead atoms. The molecule has 47 heavy (non-hydrogen) atoms. The van der Waals surface area contributed by atoms with Gasteiger partial charge in [0, 0.05) is 69.1 Å². The molecule has 4 heterocycles. The first-order chi connectivity index (χ1) is 22.3. The van der Waals surface area contributed by atoms with E-state index in [1.165, 1.54) is 0 Å². The lowest BCUT2D eigenvalue weighted by Gasteiger charge is -2.29. The number of nitrogens with zero attached hydrogens (tertiary/aromatic N) is 5. The molecular weight excluding hydrogens is 643 g/mol. The van der Waals surface area contributed by atoms with Gasteiger partial charge in [-0.2, -0.15) is 0 Å². The summed E-state index contributed by atoms with van der Waals surface area (Å²) >= 11 is 13.7. The number of hydrogen-bond donors (Lipinski definition) is 3. The van der Waals surface area contributed by atoms with Gasteiger partial charge < -0.3 is 34.7 Å². The van der Waals surface area contributed by atoms with Crippen molar-refractivity contribution in [1.29, 1.82) is 0 Å². The van der Waals surface area contributed by atoms with Gasteiger partial charge in [0.15, 0.2) is 11.6 Å². The molecule has 0 atom stereocenters. The minimum absolute atomic E-state index is 0.192. The average molecular weight is 680 g/mol. The molecule has 2 aliphatic rings. The molecule has 2 aromatic heterocycles. The van der Waals surface area contributed by atoms with Crippen LogP contribution < -0.4 is 16.0 Å². The summed E-state index contributed by atoms with van der Waals surface area (Å²) in [6.45, 7) is 7.61. The van der Waals surface area contributed by atoms with Crippen molar-refractivity contribution in [3.63, 3.8) is 0 Å². The van der Waals surface area contributed by atoms with Gasteiger partial charge in [-0.3, -0.25) is 9.59 Å². The Hall–Kier alpha value is -4.39. The van der Waals surface area contributed by atoms with Crippen molar-refractivity contribution >= 4 is 52.5 Å². The van der Waals surface area contributed by atoms with E-state index in [2.05, 4.69) is 25.9 Å². The molecule has 0 aliphatic carbocycles. The minimum Gasteiger partial charge on any atom is -0.444 e. The normalized spacial score (nSPS) is 14.3. The highest BCUT2D eigenvalue weighted by molar-refractivity contribution is 6.40. The molecule has 2 aliphatic heterocycles. The standard InChI is InChI=1S/C33H36Cl2N8O4/c1-33(2,3)47-32(46)43-15-13-25-23(17-43)38-29(42(25)5)31(45)40-21-11-7-9-19(27(21)35)18-8-6-10-20(26(18)34)39-30(44)28-37-22-16-36-14-12-24(22)41(28)4/h6-11,36H,12-17H2,1-5H3,(H,39,44)(H,40,45). The van der Waals surface area contributed by atoms with E-state index in [4.69, 9.17) is 27.9 Å². The molecule has 0 saturated heterocycles. The number of ether oxygens (including phenoxy) is 1. The van der Waals surface area contributed by atoms with Crippen LogP contribution in [0.15, 0.2) is 36.4 Å². The van der Waals surface area contributed by atoms with Gasteiger partial charge in [0.1, 0.15) is 5.60 Å². The molecular formula is C33H36Cl2N8O4. The van der Waals surface area contributed by atoms with E-state index in [9.17, 15) is 14.4 Å². The van der Waals surface area contributed by atoms with E-state index < -0.39 is 17.6 Å². The summed E-state index contributed by atoms with van der Waals surface area (Å²) in [6.07, 6.45) is 0.911. The van der Waals surface area contributed by atoms with Gasteiger partial charge in [-0.1, -0.05) is 47.5 Å². The SMILES string of the molecule is Cn1c(C(=O)Nc2cccc(-c3cccc(NC(=O)c4nc5c(n4C)CCN(C(=O)OC(C)(C)C)C5)c3Cl)c2Cl)nc2c1CCNC2. The third kappa shape index (κ3) is 6.45. The number of hydrogen-bond acceptors (Lipinski definition) is 7. The fourth-order valence-corrected chi connectivity index (χ4v) is 6.45. The number of halogens is 2. The van der Waals surface area contributed by atoms with Crippen molar-refractivity contribution in [2.75, 3.05) is 23.7 Å². The zero-order valence-electron chi connectivity index (χ0n) is 26.8. The zero-order chi connectivity index (χ0) is 33.6. The number of carbonyl (C=O) groups is 3. The average Bonchev–Trinajstić information content (AvgIpc) is 3.55. The van der Waals surface area contributed by atoms with Gasteiger partial charge in [0.2, 0.25) is 0 Å². The van der Waals surface area contributed by atoms with E-state index in [0.29, 0.717) is 53.5 Å². The number of carbonyl (C=O) groups excluding carboxylic acids is 3. The Bertz CT molecular complexity index is 1910. The second kappa shape index (κ2) is 12.7. The lowest BCUT2D eigenvalue weighted by atomic mass is 10.0. The minimum atomic E-state index is -0.614. The Labute approximate surface area is 282 Å². The summed E-state index contributed by atoms with van der Waals surface area (Å²) in [6, 6.07) is 10.5. The molecule has 246 valence electrons. The molecule has 0 radical (unpaired) electrons. The topological polar surface area (TPSA) is 135 Å². The van der Waals surface area contributed by atoms with E-state index in [-0.39, 0.29) is 28.3 Å². The fraction of sp³-hybridized carbons (Fsp3) is 0.364. The number of amides is 3. The van der Waals surface area contributed by atoms with Crippen molar-refractivity contribution in [1.82, 2.24) is 29.3 Å². The maximum atomic E-state index is 13.5. The van der Waals surface area contributed by atoms with Crippen molar-refractivity contribution in [3.05, 3.63) is 80.9 Å². The summed E-state index contributed by atoms with van der Waals surface area (Å²) < 4.78 is 9.08. The maximum Gasteiger partial charge on any atom is 0.410 e. The van der Waals surface area contributed by atoms with E-state index in [1.54, 1.807) is 52.9 Å². The molecule has 12 nitrogen and oxygen atoms in total. The van der Waals surface area contributed by atoms with Gasteiger partial charge in [-0.05, 0) is 32.9 Å². The van der Waals surface area contributed by atoms with Crippen LogP contribution in [0.1, 0.15) is 64.8 Å². The van der Waals surface area contributed by atoms with Crippen LogP contribution in [0.2, 0.25) is 10.0 Å². The molecule has 2 aromatic carbocycles. The Morgan fingerprint density at radius 2 is 1.36 bits per heavy atom. The van der Waals surface area contributed by atoms with Gasteiger partial charge in [0.05, 0.1) is 39.4 Å². The lowest BCUT2D eigenvalue weighted by Crippen LogP contribution is -2.40. The number of imidazole rings is 2. The largest absolute Gasteiger partial charge is 0.444 e. The highest BCUT2D eigenvalue weighted by Gasteiger charge is 2.30. The molecule has 0 unspecified atom stereocenters. The Morgan fingerprint density at radius 1 is 0.830 bits per heavy atom. The van der Waals surface area contributed by atoms with Gasteiger partial charge in [-0.25, -0.2) is 14.8 Å². The Kier molecular flexibility index (Phi) is 8.77. The fourth-order valence-electron chi connectivity index (χ4n) is 5.90. The summed E-state index contributed by atoms with van der Waals surface area (Å²) in [5, 5.41) is 9.61. The van der Waals surface area contributed by atoms with Crippen molar-refractivity contribution < 1.29 is 19.1 Å². The molecule has 0 fully saturated rings. The Balaban J connectivity index is 1.20. The smallest absolute Gasteiger partial charge is 0.410 e. The molecule has 4 aromatic rings. The van der Waals surface area contributed by atoms with E-state index >= 15 is 0 Å². The summed E-state index contributed by atoms with van der Waals surface area (Å²) in [5.74, 6) is -0.335. The van der Waals surface area contributed by atoms with Gasteiger partial charge in [-0.15, -0.1) is 0 Å². The second-order valence-electron chi connectivity index (χ2n) is 12.6. The predicted molar refractivity (Wildman–Crippen MR) is 180 cm³/mol. The molecule has 3 amide bonds. The van der Waals surface area contributed by atoms with Crippen LogP contribution in [0.25, 0.3) is 11.1 Å². The van der Waals surface area contributed by atoms with Crippen LogP contribution in [0.5, 0.6) is 0 Å². The van der Waals surface area contributed by atoms with Crippen LogP contribution in [-0.2, 0) is 44.8 Å². The lowest BCUT2D eigenvalue weighted by molar-refractivity contribution is 0.0220. The first kappa shape index (κ1) is 32.5. The first-order valence-electron chi connectivity index (χ1n) is 15.3. The van der Waals surface area contributed by atoms with Gasteiger partial charge >= 0.3 is 6.09 Å². The molecule has 6 rings (SSSR count). The number of fused-ring (bicyclic) bond motifs is 2. The maximum absolute atomic E-state index is 13.5. The monoisotopic (exact) mass is 678 g/mol. The molecule has 0 spiro atoms. The molecule has 3 N–H and O–H groups in total. The van der Waals surface area contributed by atoms with E-state index in [1.807, 2.05) is 32.4 Å². The number of aromatic nitrogens is 4. The molecule has 14 heteroatoms. The summed E-state index contributed by atoms with van der Waals surface area (Å²) in [5.41, 5.74) is 4.71. The van der Waals surface area contributed by atoms with Crippen molar-refractivity contribution in [2.45, 2.75) is 52.3 Å². The van der Waals surface area contributed by atoms with Crippen LogP contribution in [0.4, 0.5) is 16.2 Å². The van der Waals surface area contributed by atoms with Crippen LogP contribution in [-0.4, -0.2) is 60.6 Å². The van der Waals surface area contributed by atoms with Crippen LogP contribution in [0, 0.1) is 0 Å². The zero-order valence-corrected chi connectivity index (χ0v) is 28.3. The number of rotatable bonds is 5. The van der Waals surface area contributed by atoms with E-state index in [0.717, 1.165) is 30.0 Å². The second-order valence-corrected chi connectivity index (χ2v) is 13.4. The third-order valence-electron chi connectivity index (χ3n) is 8.23. The highest BCUT2D eigenvalue weighted by atomic mass is 35.5. The number of benzene rings is 2. The molecule has 0 saturated carbocycles.